The van der Waals surface area contributed by atoms with Crippen LogP contribution in [0.3, 0.4) is 0 Å². The van der Waals surface area contributed by atoms with Gasteiger partial charge < -0.3 is 15.4 Å². The van der Waals surface area contributed by atoms with Crippen LogP contribution in [0.2, 0.25) is 0 Å². The van der Waals surface area contributed by atoms with Gasteiger partial charge in [0.2, 0.25) is 5.91 Å². The van der Waals surface area contributed by atoms with Gasteiger partial charge in [0.15, 0.2) is 6.10 Å². The number of nitrogens with two attached hydrogens (primary N) is 1. The fraction of sp³-hybridized carbons (Fsp3) is 0.286. The Morgan fingerprint density at radius 1 is 0.974 bits per heavy atom. The zero-order valence-electron chi connectivity index (χ0n) is 21.2. The third kappa shape index (κ3) is 5.78. The molecule has 3 atom stereocenters. The number of hydrogen-bond donors (Lipinski definition) is 2. The number of amides is 1. The minimum atomic E-state index is -4.02. The average Bonchev–Trinajstić information content (AvgIpc) is 3.16. The summed E-state index contributed by atoms with van der Waals surface area (Å²) in [5, 5.41) is -0.156. The van der Waals surface area contributed by atoms with Crippen LogP contribution in [-0.4, -0.2) is 52.0 Å². The maximum atomic E-state index is 13.2. The number of esters is 1. The summed E-state index contributed by atoms with van der Waals surface area (Å²) < 4.78 is 35.1. The summed E-state index contributed by atoms with van der Waals surface area (Å²) >= 11 is 1.56. The fourth-order valence-electron chi connectivity index (χ4n) is 4.50. The molecule has 200 valence electrons. The molecule has 3 aromatic carbocycles. The van der Waals surface area contributed by atoms with Crippen molar-refractivity contribution in [1.82, 2.24) is 4.90 Å². The van der Waals surface area contributed by atoms with E-state index in [0.29, 0.717) is 0 Å². The monoisotopic (exact) mass is 554 g/mol. The Hall–Kier alpha value is -3.18. The normalized spacial score (nSPS) is 21.7. The average molecular weight is 555 g/mol. The Labute approximate surface area is 226 Å². The van der Waals surface area contributed by atoms with Gasteiger partial charge in [-0.3, -0.25) is 9.35 Å². The van der Waals surface area contributed by atoms with Gasteiger partial charge >= 0.3 is 5.97 Å². The molecule has 3 aromatic rings. The number of nitrogens with zero attached hydrogens (tertiary/aromatic N) is 1. The third-order valence-corrected chi connectivity index (χ3v) is 8.92. The van der Waals surface area contributed by atoms with E-state index in [1.807, 2.05) is 81.4 Å². The van der Waals surface area contributed by atoms with E-state index in [1.54, 1.807) is 28.8 Å². The van der Waals surface area contributed by atoms with Crippen molar-refractivity contribution in [3.8, 4) is 0 Å². The molecule has 0 aromatic heterocycles. The summed E-state index contributed by atoms with van der Waals surface area (Å²) in [6.07, 6.45) is -0.523. The first-order valence-electron chi connectivity index (χ1n) is 12.0. The molecule has 0 radical (unpaired) electrons. The van der Waals surface area contributed by atoms with E-state index in [0.717, 1.165) is 16.7 Å². The summed E-state index contributed by atoms with van der Waals surface area (Å²) in [6.45, 7) is 5.76. The zero-order valence-corrected chi connectivity index (χ0v) is 22.9. The highest BCUT2D eigenvalue weighted by Crippen LogP contribution is 2.50. The Kier molecular flexibility index (Phi) is 7.98. The van der Waals surface area contributed by atoms with Gasteiger partial charge in [0.25, 0.3) is 10.1 Å². The van der Waals surface area contributed by atoms with Crippen LogP contribution in [0.25, 0.3) is 0 Å². The van der Waals surface area contributed by atoms with Gasteiger partial charge in [-0.15, -0.1) is 11.8 Å². The predicted octanol–water partition coefficient (Wildman–Crippen LogP) is 3.95. The standard InChI is InChI=1S/C21H22N2O3S.C7H8O3S/c1-21(2)17(23-18(24)15(22)19(23)27-21)20(25)26-16(13-9-5-3-6-10-13)14-11-7-4-8-12-14;1-6-2-4-7(5-3-6)11(8,9)10/h3-12,15-17,19H,22H2,1-2H3;2-5H,1H3,(H,8,9,10)/t15-,17+,19-;/m1./s1. The largest absolute Gasteiger partial charge is 0.451 e. The van der Waals surface area contributed by atoms with Crippen molar-refractivity contribution in [3.63, 3.8) is 0 Å². The number of β-lactam (4-membered cyclic amide) rings is 1. The van der Waals surface area contributed by atoms with Gasteiger partial charge in [-0.2, -0.15) is 8.42 Å². The van der Waals surface area contributed by atoms with E-state index < -0.39 is 39.0 Å². The maximum absolute atomic E-state index is 13.2. The van der Waals surface area contributed by atoms with Crippen molar-refractivity contribution in [2.24, 2.45) is 5.73 Å². The van der Waals surface area contributed by atoms with Crippen LogP contribution in [0.4, 0.5) is 0 Å². The summed E-state index contributed by atoms with van der Waals surface area (Å²) in [6, 6.07) is 24.1. The first-order chi connectivity index (χ1) is 17.9. The lowest BCUT2D eigenvalue weighted by molar-refractivity contribution is -0.165. The number of fused-ring (bicyclic) bond motifs is 1. The predicted molar refractivity (Wildman–Crippen MR) is 146 cm³/mol. The van der Waals surface area contributed by atoms with Crippen molar-refractivity contribution in [3.05, 3.63) is 102 Å². The number of ether oxygens (including phenoxy) is 1. The van der Waals surface area contributed by atoms with E-state index in [2.05, 4.69) is 0 Å². The molecule has 10 heteroatoms. The zero-order chi connectivity index (χ0) is 27.7. The number of aryl methyl sites for hydroxylation is 1. The van der Waals surface area contributed by atoms with Crippen molar-refractivity contribution in [2.45, 2.75) is 54.0 Å². The lowest BCUT2D eigenvalue weighted by Crippen LogP contribution is -2.68. The molecule has 0 unspecified atom stereocenters. The Bertz CT molecular complexity index is 1360. The van der Waals surface area contributed by atoms with Crippen molar-refractivity contribution in [1.29, 1.82) is 0 Å². The number of rotatable bonds is 5. The van der Waals surface area contributed by atoms with Gasteiger partial charge in [0.05, 0.1) is 4.90 Å². The minimum Gasteiger partial charge on any atom is -0.451 e. The van der Waals surface area contributed by atoms with E-state index >= 15 is 0 Å². The van der Waals surface area contributed by atoms with Gasteiger partial charge in [0, 0.05) is 4.75 Å². The Morgan fingerprint density at radius 2 is 1.47 bits per heavy atom. The molecule has 3 N–H and O–H groups in total. The second-order valence-electron chi connectivity index (χ2n) is 9.71. The molecule has 0 bridgehead atoms. The van der Waals surface area contributed by atoms with Gasteiger partial charge in [-0.25, -0.2) is 4.79 Å². The van der Waals surface area contributed by atoms with Crippen LogP contribution in [0, 0.1) is 6.92 Å². The first-order valence-corrected chi connectivity index (χ1v) is 14.3. The third-order valence-electron chi connectivity index (χ3n) is 6.46. The van der Waals surface area contributed by atoms with Crippen LogP contribution < -0.4 is 5.73 Å². The molecule has 2 aliphatic rings. The van der Waals surface area contributed by atoms with E-state index in [-0.39, 0.29) is 16.2 Å². The molecular weight excluding hydrogens is 524 g/mol. The first kappa shape index (κ1) is 27.8. The summed E-state index contributed by atoms with van der Waals surface area (Å²) in [7, 11) is -4.02. The highest BCUT2D eigenvalue weighted by atomic mass is 32.2. The van der Waals surface area contributed by atoms with Gasteiger partial charge in [0.1, 0.15) is 17.5 Å². The molecule has 1 amide bonds. The molecule has 0 spiro atoms. The molecule has 2 aliphatic heterocycles. The molecule has 8 nitrogen and oxygen atoms in total. The van der Waals surface area contributed by atoms with Crippen LogP contribution in [0.1, 0.15) is 36.6 Å². The van der Waals surface area contributed by atoms with Crippen molar-refractivity contribution in [2.75, 3.05) is 0 Å². The second-order valence-corrected chi connectivity index (χ2v) is 12.9. The smallest absolute Gasteiger partial charge is 0.331 e. The van der Waals surface area contributed by atoms with Crippen molar-refractivity contribution < 1.29 is 27.3 Å². The number of carbonyl (C=O) groups excluding carboxylic acids is 2. The van der Waals surface area contributed by atoms with Crippen LogP contribution in [-0.2, 0) is 24.4 Å². The number of benzene rings is 3. The van der Waals surface area contributed by atoms with Crippen LogP contribution >= 0.6 is 11.8 Å². The van der Waals surface area contributed by atoms with Gasteiger partial charge in [-0.05, 0) is 44.0 Å². The van der Waals surface area contributed by atoms with E-state index in [1.165, 1.54) is 12.1 Å². The molecule has 0 aliphatic carbocycles. The Morgan fingerprint density at radius 3 is 1.95 bits per heavy atom. The maximum Gasteiger partial charge on any atom is 0.331 e. The molecule has 38 heavy (non-hydrogen) atoms. The van der Waals surface area contributed by atoms with Crippen LogP contribution in [0.15, 0.2) is 89.8 Å². The quantitative estimate of drug-likeness (QED) is 0.276. The second kappa shape index (κ2) is 10.9. The summed E-state index contributed by atoms with van der Waals surface area (Å²) in [4.78, 5) is 27.0. The van der Waals surface area contributed by atoms with Crippen molar-refractivity contribution >= 4 is 33.8 Å². The summed E-state index contributed by atoms with van der Waals surface area (Å²) in [5.41, 5.74) is 8.65. The SMILES string of the molecule is CC1(C)S[C@@H]2[C@H](N)C(=O)N2[C@H]1C(=O)OC(c1ccccc1)c1ccccc1.Cc1ccc(S(=O)(=O)O)cc1. The molecule has 2 heterocycles. The Balaban J connectivity index is 0.000000257. The molecular formula is C28H30N2O6S2. The molecule has 0 saturated carbocycles. The van der Waals surface area contributed by atoms with E-state index in [4.69, 9.17) is 15.0 Å². The topological polar surface area (TPSA) is 127 Å². The van der Waals surface area contributed by atoms with Gasteiger partial charge in [-0.1, -0.05) is 78.4 Å². The highest BCUT2D eigenvalue weighted by Gasteiger charge is 2.63. The summed E-state index contributed by atoms with van der Waals surface area (Å²) in [5.74, 6) is -0.580. The fourth-order valence-corrected chi connectivity index (χ4v) is 6.54. The number of hydrogen-bond acceptors (Lipinski definition) is 7. The minimum absolute atomic E-state index is 0.0666. The lowest BCUT2D eigenvalue weighted by atomic mass is 9.96. The highest BCUT2D eigenvalue weighted by molar-refractivity contribution is 8.01. The molecule has 5 rings (SSSR count). The number of carbonyl (C=O) groups is 2. The lowest BCUT2D eigenvalue weighted by Gasteiger charge is -2.42. The molecule has 2 fully saturated rings. The molecule has 2 saturated heterocycles. The van der Waals surface area contributed by atoms with Crippen LogP contribution in [0.5, 0.6) is 0 Å². The van der Waals surface area contributed by atoms with E-state index in [9.17, 15) is 18.0 Å². The number of thioether (sulfide) groups is 1.